The average molecular weight is 310 g/mol. The SMILES string of the molecule is CCc1cccc(C)c1NC(=O)CC(=O)NCc1ccccc1. The van der Waals surface area contributed by atoms with Crippen molar-refractivity contribution in [2.24, 2.45) is 0 Å². The summed E-state index contributed by atoms with van der Waals surface area (Å²) in [5, 5.41) is 5.62. The average Bonchev–Trinajstić information content (AvgIpc) is 2.55. The third-order valence-electron chi connectivity index (χ3n) is 3.66. The highest BCUT2D eigenvalue weighted by Crippen LogP contribution is 2.21. The number of hydrogen-bond acceptors (Lipinski definition) is 2. The number of rotatable bonds is 6. The fourth-order valence-corrected chi connectivity index (χ4v) is 2.39. The van der Waals surface area contributed by atoms with Crippen LogP contribution < -0.4 is 10.6 Å². The Hall–Kier alpha value is -2.62. The highest BCUT2D eigenvalue weighted by Gasteiger charge is 2.12. The zero-order chi connectivity index (χ0) is 16.7. The topological polar surface area (TPSA) is 58.2 Å². The fraction of sp³-hybridized carbons (Fsp3) is 0.263. The molecule has 0 aliphatic carbocycles. The Labute approximate surface area is 136 Å². The Morgan fingerprint density at radius 3 is 2.39 bits per heavy atom. The van der Waals surface area contributed by atoms with E-state index in [1.165, 1.54) is 0 Å². The van der Waals surface area contributed by atoms with Crippen LogP contribution in [0.3, 0.4) is 0 Å². The molecule has 120 valence electrons. The van der Waals surface area contributed by atoms with Crippen LogP contribution in [0.1, 0.15) is 30.0 Å². The molecule has 0 spiro atoms. The summed E-state index contributed by atoms with van der Waals surface area (Å²) in [5.41, 5.74) is 3.90. The zero-order valence-electron chi connectivity index (χ0n) is 13.6. The van der Waals surface area contributed by atoms with E-state index in [1.807, 2.05) is 62.4 Å². The molecule has 0 fully saturated rings. The predicted molar refractivity (Wildman–Crippen MR) is 92.1 cm³/mol. The molecular weight excluding hydrogens is 288 g/mol. The maximum absolute atomic E-state index is 12.1. The lowest BCUT2D eigenvalue weighted by Crippen LogP contribution is -2.28. The molecule has 0 atom stereocenters. The highest BCUT2D eigenvalue weighted by atomic mass is 16.2. The van der Waals surface area contributed by atoms with Crippen LogP contribution in [0.25, 0.3) is 0 Å². The molecule has 23 heavy (non-hydrogen) atoms. The van der Waals surface area contributed by atoms with E-state index in [1.54, 1.807) is 0 Å². The lowest BCUT2D eigenvalue weighted by atomic mass is 10.1. The van der Waals surface area contributed by atoms with Crippen LogP contribution in [0.4, 0.5) is 5.69 Å². The first kappa shape index (κ1) is 16.7. The molecule has 0 saturated heterocycles. The Balaban J connectivity index is 1.88. The van der Waals surface area contributed by atoms with E-state index in [-0.39, 0.29) is 18.2 Å². The van der Waals surface area contributed by atoms with Crippen molar-refractivity contribution in [3.05, 3.63) is 65.2 Å². The van der Waals surface area contributed by atoms with Gasteiger partial charge in [-0.15, -0.1) is 0 Å². The maximum atomic E-state index is 12.1. The summed E-state index contributed by atoms with van der Waals surface area (Å²) in [7, 11) is 0. The molecule has 2 N–H and O–H groups in total. The van der Waals surface area contributed by atoms with Crippen LogP contribution in [0.15, 0.2) is 48.5 Å². The molecule has 0 bridgehead atoms. The molecule has 4 nitrogen and oxygen atoms in total. The smallest absolute Gasteiger partial charge is 0.233 e. The zero-order valence-corrected chi connectivity index (χ0v) is 13.6. The number of para-hydroxylation sites is 1. The van der Waals surface area contributed by atoms with Gasteiger partial charge >= 0.3 is 0 Å². The molecule has 2 aromatic rings. The van der Waals surface area contributed by atoms with E-state index >= 15 is 0 Å². The molecule has 0 radical (unpaired) electrons. The first-order valence-corrected chi connectivity index (χ1v) is 7.79. The number of hydrogen-bond donors (Lipinski definition) is 2. The summed E-state index contributed by atoms with van der Waals surface area (Å²) in [6, 6.07) is 15.5. The van der Waals surface area contributed by atoms with Crippen LogP contribution in [0, 0.1) is 6.92 Å². The molecule has 0 heterocycles. The minimum atomic E-state index is -0.292. The molecular formula is C19H22N2O2. The number of carbonyl (C=O) groups is 2. The molecule has 4 heteroatoms. The molecule has 2 amide bonds. The minimum absolute atomic E-state index is 0.176. The van der Waals surface area contributed by atoms with Gasteiger partial charge in [-0.3, -0.25) is 9.59 Å². The Morgan fingerprint density at radius 2 is 1.70 bits per heavy atom. The highest BCUT2D eigenvalue weighted by molar-refractivity contribution is 6.04. The van der Waals surface area contributed by atoms with Gasteiger partial charge in [0.05, 0.1) is 0 Å². The summed E-state index contributed by atoms with van der Waals surface area (Å²) >= 11 is 0. The molecule has 0 unspecified atom stereocenters. The summed E-state index contributed by atoms with van der Waals surface area (Å²) in [5.74, 6) is -0.572. The summed E-state index contributed by atoms with van der Waals surface area (Å²) in [4.78, 5) is 24.0. The number of nitrogens with one attached hydrogen (secondary N) is 2. The van der Waals surface area contributed by atoms with Gasteiger partial charge in [0, 0.05) is 12.2 Å². The standard InChI is InChI=1S/C19H22N2O2/c1-3-16-11-7-8-14(2)19(16)21-18(23)12-17(22)20-13-15-9-5-4-6-10-15/h4-11H,3,12-13H2,1-2H3,(H,20,22)(H,21,23). The van der Waals surface area contributed by atoms with Crippen LogP contribution in [-0.2, 0) is 22.6 Å². The molecule has 0 saturated carbocycles. The Kier molecular flexibility index (Phi) is 5.92. The first-order valence-electron chi connectivity index (χ1n) is 7.79. The van der Waals surface area contributed by atoms with Gasteiger partial charge in [0.25, 0.3) is 0 Å². The lowest BCUT2D eigenvalue weighted by Gasteiger charge is -2.13. The van der Waals surface area contributed by atoms with E-state index in [0.29, 0.717) is 6.54 Å². The summed E-state index contributed by atoms with van der Waals surface area (Å²) < 4.78 is 0. The van der Waals surface area contributed by atoms with Crippen LogP contribution in [-0.4, -0.2) is 11.8 Å². The minimum Gasteiger partial charge on any atom is -0.352 e. The van der Waals surface area contributed by atoms with Crippen LogP contribution in [0.2, 0.25) is 0 Å². The Bertz CT molecular complexity index is 681. The van der Waals surface area contributed by atoms with Crippen molar-refractivity contribution in [1.82, 2.24) is 5.32 Å². The quantitative estimate of drug-likeness (QED) is 0.805. The van der Waals surface area contributed by atoms with Gasteiger partial charge in [-0.25, -0.2) is 0 Å². The van der Waals surface area contributed by atoms with E-state index in [2.05, 4.69) is 10.6 Å². The van der Waals surface area contributed by atoms with Crippen molar-refractivity contribution in [2.45, 2.75) is 33.2 Å². The third kappa shape index (κ3) is 4.95. The largest absolute Gasteiger partial charge is 0.352 e. The second-order valence-electron chi connectivity index (χ2n) is 5.45. The molecule has 0 aliphatic rings. The van der Waals surface area contributed by atoms with Crippen molar-refractivity contribution in [2.75, 3.05) is 5.32 Å². The van der Waals surface area contributed by atoms with E-state index < -0.39 is 0 Å². The van der Waals surface area contributed by atoms with Gasteiger partial charge in [0.1, 0.15) is 6.42 Å². The van der Waals surface area contributed by atoms with Crippen molar-refractivity contribution in [3.8, 4) is 0 Å². The second kappa shape index (κ2) is 8.13. The summed E-state index contributed by atoms with van der Waals surface area (Å²) in [6.07, 6.45) is 0.655. The summed E-state index contributed by atoms with van der Waals surface area (Å²) in [6.45, 7) is 4.42. The first-order chi connectivity index (χ1) is 11.1. The number of aryl methyl sites for hydroxylation is 2. The van der Waals surface area contributed by atoms with Gasteiger partial charge < -0.3 is 10.6 Å². The number of carbonyl (C=O) groups excluding carboxylic acids is 2. The third-order valence-corrected chi connectivity index (χ3v) is 3.66. The second-order valence-corrected chi connectivity index (χ2v) is 5.45. The van der Waals surface area contributed by atoms with Gasteiger partial charge in [0.15, 0.2) is 0 Å². The van der Waals surface area contributed by atoms with Crippen LogP contribution in [0.5, 0.6) is 0 Å². The van der Waals surface area contributed by atoms with Gasteiger partial charge in [-0.05, 0) is 30.0 Å². The molecule has 0 aromatic heterocycles. The van der Waals surface area contributed by atoms with Crippen LogP contribution >= 0.6 is 0 Å². The van der Waals surface area contributed by atoms with Crippen molar-refractivity contribution in [3.63, 3.8) is 0 Å². The molecule has 0 aliphatic heterocycles. The molecule has 2 rings (SSSR count). The predicted octanol–water partition coefficient (Wildman–Crippen LogP) is 3.20. The van der Waals surface area contributed by atoms with E-state index in [9.17, 15) is 9.59 Å². The lowest BCUT2D eigenvalue weighted by molar-refractivity contribution is -0.126. The van der Waals surface area contributed by atoms with Crippen molar-refractivity contribution < 1.29 is 9.59 Å². The molecule has 2 aromatic carbocycles. The normalized spacial score (nSPS) is 10.2. The number of benzene rings is 2. The Morgan fingerprint density at radius 1 is 0.957 bits per heavy atom. The van der Waals surface area contributed by atoms with E-state index in [0.717, 1.165) is 28.8 Å². The van der Waals surface area contributed by atoms with Gasteiger partial charge in [-0.2, -0.15) is 0 Å². The van der Waals surface area contributed by atoms with Gasteiger partial charge in [-0.1, -0.05) is 55.5 Å². The maximum Gasteiger partial charge on any atom is 0.233 e. The van der Waals surface area contributed by atoms with E-state index in [4.69, 9.17) is 0 Å². The fourth-order valence-electron chi connectivity index (χ4n) is 2.39. The van der Waals surface area contributed by atoms with Crippen molar-refractivity contribution in [1.29, 1.82) is 0 Å². The number of amides is 2. The van der Waals surface area contributed by atoms with Crippen molar-refractivity contribution >= 4 is 17.5 Å². The monoisotopic (exact) mass is 310 g/mol. The van der Waals surface area contributed by atoms with Gasteiger partial charge in [0.2, 0.25) is 11.8 Å². The number of anilines is 1.